The number of amides is 1. The van der Waals surface area contributed by atoms with E-state index in [9.17, 15) is 10.1 Å². The molecule has 1 aliphatic carbocycles. The van der Waals surface area contributed by atoms with Crippen LogP contribution in [0.2, 0.25) is 5.02 Å². The lowest BCUT2D eigenvalue weighted by Crippen LogP contribution is -2.19. The highest BCUT2D eigenvalue weighted by molar-refractivity contribution is 6.31. The quantitative estimate of drug-likeness (QED) is 0.448. The molecule has 1 fully saturated rings. The molecule has 0 bridgehead atoms. The van der Waals surface area contributed by atoms with Gasteiger partial charge in [-0.15, -0.1) is 0 Å². The Morgan fingerprint density at radius 3 is 2.55 bits per heavy atom. The molecule has 4 nitrogen and oxygen atoms in total. The maximum atomic E-state index is 12.3. The smallest absolute Gasteiger partial charge is 0.248 e. The van der Waals surface area contributed by atoms with Gasteiger partial charge in [-0.25, -0.2) is 0 Å². The van der Waals surface area contributed by atoms with Crippen LogP contribution in [-0.4, -0.2) is 5.91 Å². The van der Waals surface area contributed by atoms with E-state index in [1.165, 1.54) is 6.08 Å². The predicted octanol–water partition coefficient (Wildman–Crippen LogP) is 6.90. The lowest BCUT2D eigenvalue weighted by Gasteiger charge is -2.20. The monoisotopic (exact) mass is 430 g/mol. The molecule has 5 heteroatoms. The number of rotatable bonds is 5. The predicted molar refractivity (Wildman–Crippen MR) is 124 cm³/mol. The number of aryl methyl sites for hydroxylation is 1. The van der Waals surface area contributed by atoms with Gasteiger partial charge < -0.3 is 9.73 Å². The van der Waals surface area contributed by atoms with Crippen LogP contribution in [0.1, 0.15) is 42.6 Å². The van der Waals surface area contributed by atoms with Crippen LogP contribution in [0.15, 0.2) is 65.1 Å². The Kier molecular flexibility index (Phi) is 5.97. The van der Waals surface area contributed by atoms with Crippen molar-refractivity contribution in [2.45, 2.75) is 38.0 Å². The number of anilines is 1. The fourth-order valence-corrected chi connectivity index (χ4v) is 4.18. The Labute approximate surface area is 187 Å². The largest absolute Gasteiger partial charge is 0.457 e. The lowest BCUT2D eigenvalue weighted by molar-refractivity contribution is -0.111. The molecule has 0 saturated heterocycles. The van der Waals surface area contributed by atoms with Gasteiger partial charge in [0.25, 0.3) is 0 Å². The number of hydrogen-bond donors (Lipinski definition) is 1. The summed E-state index contributed by atoms with van der Waals surface area (Å²) in [6, 6.07) is 19.5. The third-order valence-electron chi connectivity index (χ3n) is 5.86. The van der Waals surface area contributed by atoms with Gasteiger partial charge in [0.2, 0.25) is 5.91 Å². The van der Waals surface area contributed by atoms with Crippen LogP contribution >= 0.6 is 11.6 Å². The molecule has 156 valence electrons. The third kappa shape index (κ3) is 4.57. The molecular weight excluding hydrogens is 408 g/mol. The molecule has 1 N–H and O–H groups in total. The maximum absolute atomic E-state index is 12.3. The number of nitriles is 1. The van der Waals surface area contributed by atoms with Crippen LogP contribution in [0.3, 0.4) is 0 Å². The average Bonchev–Trinajstić information content (AvgIpc) is 3.45. The van der Waals surface area contributed by atoms with E-state index >= 15 is 0 Å². The van der Waals surface area contributed by atoms with Crippen LogP contribution in [0.4, 0.5) is 5.69 Å². The standard InChI is InChI=1S/C26H23ClN2O2/c1-18-4-5-19(16-23(18)27)24-12-10-22(31-24)11-13-25(30)29-21-8-6-20(7-9-21)26(17-28)14-2-3-15-26/h4-13,16H,2-3,14-15H2,1H3,(H,29,30)/b13-11+. The molecule has 1 saturated carbocycles. The second-order valence-electron chi connectivity index (χ2n) is 7.97. The van der Waals surface area contributed by atoms with Crippen molar-refractivity contribution in [2.75, 3.05) is 5.32 Å². The zero-order valence-corrected chi connectivity index (χ0v) is 18.1. The molecule has 31 heavy (non-hydrogen) atoms. The Balaban J connectivity index is 1.39. The van der Waals surface area contributed by atoms with Crippen LogP contribution in [-0.2, 0) is 10.2 Å². The van der Waals surface area contributed by atoms with E-state index in [2.05, 4.69) is 11.4 Å². The first kappa shape index (κ1) is 21.0. The summed E-state index contributed by atoms with van der Waals surface area (Å²) in [6.07, 6.45) is 7.04. The summed E-state index contributed by atoms with van der Waals surface area (Å²) in [4.78, 5) is 12.3. The van der Waals surface area contributed by atoms with Crippen LogP contribution in [0.5, 0.6) is 0 Å². The summed E-state index contributed by atoms with van der Waals surface area (Å²) in [5.74, 6) is 1.02. The van der Waals surface area contributed by atoms with Gasteiger partial charge in [0.1, 0.15) is 11.5 Å². The minimum atomic E-state index is -0.374. The van der Waals surface area contributed by atoms with Crippen molar-refractivity contribution >= 4 is 29.3 Å². The van der Waals surface area contributed by atoms with Gasteiger partial charge in [0.15, 0.2) is 0 Å². The van der Waals surface area contributed by atoms with E-state index in [1.807, 2.05) is 61.5 Å². The maximum Gasteiger partial charge on any atom is 0.248 e. The van der Waals surface area contributed by atoms with E-state index in [0.717, 1.165) is 42.4 Å². The van der Waals surface area contributed by atoms with Gasteiger partial charge in [-0.05, 0) is 67.3 Å². The zero-order valence-electron chi connectivity index (χ0n) is 17.3. The Bertz CT molecular complexity index is 1160. The van der Waals surface area contributed by atoms with Crippen molar-refractivity contribution < 1.29 is 9.21 Å². The molecule has 1 heterocycles. The zero-order chi connectivity index (χ0) is 21.8. The van der Waals surface area contributed by atoms with Gasteiger partial charge in [-0.3, -0.25) is 4.79 Å². The molecule has 1 amide bonds. The van der Waals surface area contributed by atoms with Crippen molar-refractivity contribution in [3.8, 4) is 17.4 Å². The van der Waals surface area contributed by atoms with Gasteiger partial charge in [0, 0.05) is 22.3 Å². The summed E-state index contributed by atoms with van der Waals surface area (Å²) < 4.78 is 5.81. The first-order valence-corrected chi connectivity index (χ1v) is 10.7. The van der Waals surface area contributed by atoms with Gasteiger partial charge in [0.05, 0.1) is 11.5 Å². The van der Waals surface area contributed by atoms with E-state index < -0.39 is 0 Å². The Hall–Kier alpha value is -3.29. The third-order valence-corrected chi connectivity index (χ3v) is 6.27. The fraction of sp³-hybridized carbons (Fsp3) is 0.231. The number of nitrogens with one attached hydrogen (secondary N) is 1. The summed E-state index contributed by atoms with van der Waals surface area (Å²) in [5, 5.41) is 13.1. The van der Waals surface area contributed by atoms with Crippen molar-refractivity contribution in [1.82, 2.24) is 0 Å². The lowest BCUT2D eigenvalue weighted by atomic mass is 9.80. The molecule has 1 aliphatic rings. The minimum Gasteiger partial charge on any atom is -0.457 e. The molecule has 3 aromatic rings. The van der Waals surface area contributed by atoms with Crippen molar-refractivity contribution in [3.05, 3.63) is 82.6 Å². The molecule has 2 aromatic carbocycles. The second kappa shape index (κ2) is 8.83. The van der Waals surface area contributed by atoms with E-state index in [-0.39, 0.29) is 11.3 Å². The highest BCUT2D eigenvalue weighted by Crippen LogP contribution is 2.40. The number of furan rings is 1. The molecule has 4 rings (SSSR count). The number of hydrogen-bond acceptors (Lipinski definition) is 3. The first-order chi connectivity index (χ1) is 15.0. The normalized spacial score (nSPS) is 15.1. The fourth-order valence-electron chi connectivity index (χ4n) is 4.00. The Morgan fingerprint density at radius 1 is 1.13 bits per heavy atom. The van der Waals surface area contributed by atoms with Crippen LogP contribution in [0.25, 0.3) is 17.4 Å². The van der Waals surface area contributed by atoms with Crippen molar-refractivity contribution in [2.24, 2.45) is 0 Å². The summed E-state index contributed by atoms with van der Waals surface area (Å²) in [7, 11) is 0. The summed E-state index contributed by atoms with van der Waals surface area (Å²) in [6.45, 7) is 1.95. The summed E-state index contributed by atoms with van der Waals surface area (Å²) >= 11 is 6.19. The van der Waals surface area contributed by atoms with E-state index in [0.29, 0.717) is 22.2 Å². The molecule has 0 spiro atoms. The molecule has 0 aliphatic heterocycles. The van der Waals surface area contributed by atoms with Crippen molar-refractivity contribution in [1.29, 1.82) is 5.26 Å². The number of carbonyl (C=O) groups excluding carboxylic acids is 1. The second-order valence-corrected chi connectivity index (χ2v) is 8.37. The Morgan fingerprint density at radius 2 is 1.87 bits per heavy atom. The van der Waals surface area contributed by atoms with E-state index in [4.69, 9.17) is 16.0 Å². The van der Waals surface area contributed by atoms with Gasteiger partial charge >= 0.3 is 0 Å². The average molecular weight is 431 g/mol. The molecule has 0 unspecified atom stereocenters. The number of nitrogens with zero attached hydrogens (tertiary/aromatic N) is 1. The number of carbonyl (C=O) groups is 1. The van der Waals surface area contributed by atoms with Gasteiger partial charge in [-0.2, -0.15) is 5.26 Å². The first-order valence-electron chi connectivity index (χ1n) is 10.4. The minimum absolute atomic E-state index is 0.250. The molecular formula is C26H23ClN2O2. The molecule has 0 radical (unpaired) electrons. The van der Waals surface area contributed by atoms with Crippen LogP contribution < -0.4 is 5.32 Å². The summed E-state index contributed by atoms with van der Waals surface area (Å²) in [5.41, 5.74) is 3.24. The molecule has 0 atom stereocenters. The number of halogens is 1. The van der Waals surface area contributed by atoms with Gasteiger partial charge in [-0.1, -0.05) is 48.7 Å². The number of benzene rings is 2. The molecule has 1 aromatic heterocycles. The van der Waals surface area contributed by atoms with Crippen LogP contribution in [0, 0.1) is 18.3 Å². The van der Waals surface area contributed by atoms with Crippen molar-refractivity contribution in [3.63, 3.8) is 0 Å². The topological polar surface area (TPSA) is 66.0 Å². The SMILES string of the molecule is Cc1ccc(-c2ccc(/C=C/C(=O)Nc3ccc(C4(C#N)CCCC4)cc3)o2)cc1Cl. The van der Waals surface area contributed by atoms with E-state index in [1.54, 1.807) is 6.08 Å². The highest BCUT2D eigenvalue weighted by atomic mass is 35.5. The highest BCUT2D eigenvalue weighted by Gasteiger charge is 2.35.